The van der Waals surface area contributed by atoms with Gasteiger partial charge < -0.3 is 14.6 Å². The fourth-order valence-corrected chi connectivity index (χ4v) is 4.91. The standard InChI is InChI=1S/2C9H20O.C9H20.C8H18O.C8H18.C7H16/c1-7(2)5-9(10)6-8(3)4;1-8(2)5-6-10-7-9(3)4;1-8(2)6-5-7-9(3)4;1-7(2)5-9-6-8(3)4;1-7(2)5-6-8(3)4;1-6(2)5-7(3)4/h7-10H,5-6H2,1-4H3;8-9H,5-7H2,1-4H3;8-9H,5-7H2,1-4H3;7-8H,5-6H2,1-4H3;7-8H,5-6H2,1-4H3;6-7H,5H2,1-4H3. The summed E-state index contributed by atoms with van der Waals surface area (Å²) in [6.45, 7) is 57.0. The Kier molecular flexibility index (Phi) is 56.5. The predicted octanol–water partition coefficient (Wildman–Crippen LogP) is 16.7. The van der Waals surface area contributed by atoms with Crippen molar-refractivity contribution in [1.82, 2.24) is 0 Å². The number of hydrogen-bond acceptors (Lipinski definition) is 3. The number of aliphatic hydroxyl groups excluding tert-OH is 1. The summed E-state index contributed by atoms with van der Waals surface area (Å²) in [5.41, 5.74) is 0. The van der Waals surface area contributed by atoms with E-state index in [4.69, 9.17) is 9.47 Å². The Balaban J connectivity index is -0.000000126. The van der Waals surface area contributed by atoms with Crippen LogP contribution in [0.3, 0.4) is 0 Å². The lowest BCUT2D eigenvalue weighted by Gasteiger charge is -2.14. The van der Waals surface area contributed by atoms with Gasteiger partial charge in [-0.05, 0) is 96.7 Å². The summed E-state index contributed by atoms with van der Waals surface area (Å²) in [5.74, 6) is 9.33. The summed E-state index contributed by atoms with van der Waals surface area (Å²) in [6, 6.07) is 0. The molecule has 53 heavy (non-hydrogen) atoms. The Morgan fingerprint density at radius 3 is 0.755 bits per heavy atom. The molecule has 0 aliphatic rings. The highest BCUT2D eigenvalue weighted by Gasteiger charge is 2.08. The van der Waals surface area contributed by atoms with Gasteiger partial charge in [-0.2, -0.15) is 0 Å². The third-order valence-corrected chi connectivity index (χ3v) is 7.51. The molecular formula is C50H112O3. The van der Waals surface area contributed by atoms with Gasteiger partial charge in [0.05, 0.1) is 6.10 Å². The van der Waals surface area contributed by atoms with E-state index in [2.05, 4.69) is 166 Å². The van der Waals surface area contributed by atoms with E-state index in [1.807, 2.05) is 0 Å². The molecule has 0 spiro atoms. The number of aliphatic hydroxyl groups is 1. The highest BCUT2D eigenvalue weighted by Crippen LogP contribution is 2.13. The molecule has 1 N–H and O–H groups in total. The number of ether oxygens (including phenoxy) is 2. The number of hydrogen-bond donors (Lipinski definition) is 1. The van der Waals surface area contributed by atoms with Gasteiger partial charge in [0.15, 0.2) is 0 Å². The third-order valence-electron chi connectivity index (χ3n) is 7.51. The van der Waals surface area contributed by atoms with E-state index in [-0.39, 0.29) is 6.10 Å². The Labute approximate surface area is 341 Å². The molecule has 0 radical (unpaired) electrons. The molecule has 0 aliphatic heterocycles. The summed E-state index contributed by atoms with van der Waals surface area (Å²) in [7, 11) is 0. The topological polar surface area (TPSA) is 38.7 Å². The lowest BCUT2D eigenvalue weighted by molar-refractivity contribution is 0.0886. The van der Waals surface area contributed by atoms with Gasteiger partial charge in [0.1, 0.15) is 0 Å². The van der Waals surface area contributed by atoms with Crippen molar-refractivity contribution in [1.29, 1.82) is 0 Å². The van der Waals surface area contributed by atoms with Crippen LogP contribution in [-0.4, -0.2) is 37.6 Å². The van der Waals surface area contributed by atoms with E-state index in [1.165, 1.54) is 44.9 Å². The van der Waals surface area contributed by atoms with Gasteiger partial charge in [-0.3, -0.25) is 0 Å². The van der Waals surface area contributed by atoms with Gasteiger partial charge in [-0.25, -0.2) is 0 Å². The Morgan fingerprint density at radius 1 is 0.283 bits per heavy atom. The molecule has 0 saturated carbocycles. The molecule has 0 amide bonds. The minimum atomic E-state index is -0.0833. The second-order valence-electron chi connectivity index (χ2n) is 21.0. The van der Waals surface area contributed by atoms with Crippen molar-refractivity contribution in [3.8, 4) is 0 Å². The van der Waals surface area contributed by atoms with Crippen molar-refractivity contribution in [2.24, 2.45) is 71.0 Å². The van der Waals surface area contributed by atoms with Crippen LogP contribution < -0.4 is 0 Å². The van der Waals surface area contributed by atoms with Gasteiger partial charge >= 0.3 is 0 Å². The minimum absolute atomic E-state index is 0.0833. The van der Waals surface area contributed by atoms with Crippen LogP contribution in [0.15, 0.2) is 0 Å². The first-order valence-corrected chi connectivity index (χ1v) is 23.0. The van der Waals surface area contributed by atoms with E-state index in [9.17, 15) is 5.11 Å². The van der Waals surface area contributed by atoms with Gasteiger partial charge in [0.25, 0.3) is 0 Å². The summed E-state index contributed by atoms with van der Waals surface area (Å²) < 4.78 is 10.8. The first kappa shape index (κ1) is 64.8. The SMILES string of the molecule is CC(C)CC(C)C.CC(C)CC(O)CC(C)C.CC(C)CCC(C)C.CC(C)CCCC(C)C.CC(C)CCOCC(C)C.CC(C)COCC(C)C. The molecule has 0 heterocycles. The smallest absolute Gasteiger partial charge is 0.0545 e. The van der Waals surface area contributed by atoms with Crippen molar-refractivity contribution in [2.45, 2.75) is 230 Å². The van der Waals surface area contributed by atoms with Crippen molar-refractivity contribution in [2.75, 3.05) is 26.4 Å². The second-order valence-corrected chi connectivity index (χ2v) is 21.0. The summed E-state index contributed by atoms with van der Waals surface area (Å²) >= 11 is 0. The maximum absolute atomic E-state index is 9.39. The lowest BCUT2D eigenvalue weighted by atomic mass is 9.98. The zero-order chi connectivity index (χ0) is 43.1. The van der Waals surface area contributed by atoms with E-state index < -0.39 is 0 Å². The maximum Gasteiger partial charge on any atom is 0.0545 e. The monoisotopic (exact) mass is 761 g/mol. The summed E-state index contributed by atoms with van der Waals surface area (Å²) in [4.78, 5) is 0. The van der Waals surface area contributed by atoms with Crippen LogP contribution in [0.25, 0.3) is 0 Å². The zero-order valence-corrected chi connectivity index (χ0v) is 42.0. The van der Waals surface area contributed by atoms with Gasteiger partial charge in [0, 0.05) is 26.4 Å². The fourth-order valence-electron chi connectivity index (χ4n) is 4.91. The Morgan fingerprint density at radius 2 is 0.547 bits per heavy atom. The summed E-state index contributed by atoms with van der Waals surface area (Å²) in [5, 5.41) is 9.39. The van der Waals surface area contributed by atoms with Gasteiger partial charge in [-0.1, -0.05) is 198 Å². The average molecular weight is 761 g/mol. The molecule has 0 aromatic carbocycles. The van der Waals surface area contributed by atoms with Crippen LogP contribution in [0.1, 0.15) is 224 Å². The Hall–Kier alpha value is -0.120. The predicted molar refractivity (Wildman–Crippen MR) is 247 cm³/mol. The molecule has 0 unspecified atom stereocenters. The highest BCUT2D eigenvalue weighted by atomic mass is 16.5. The summed E-state index contributed by atoms with van der Waals surface area (Å²) in [6.07, 6.45) is 11.3. The molecule has 3 heteroatoms. The van der Waals surface area contributed by atoms with Crippen LogP contribution in [0, 0.1) is 71.0 Å². The fraction of sp³-hybridized carbons (Fsp3) is 1.00. The molecule has 0 aromatic rings. The van der Waals surface area contributed by atoms with Crippen LogP contribution in [0.5, 0.6) is 0 Å². The molecular weight excluding hydrogens is 649 g/mol. The molecule has 0 rings (SSSR count). The molecule has 0 aliphatic carbocycles. The van der Waals surface area contributed by atoms with Crippen molar-refractivity contribution in [3.05, 3.63) is 0 Å². The first-order chi connectivity index (χ1) is 24.1. The third kappa shape index (κ3) is 100. The quantitative estimate of drug-likeness (QED) is 0.112. The van der Waals surface area contributed by atoms with Crippen molar-refractivity contribution >= 4 is 0 Å². The molecule has 0 fully saturated rings. The van der Waals surface area contributed by atoms with Crippen LogP contribution >= 0.6 is 0 Å². The van der Waals surface area contributed by atoms with Crippen LogP contribution in [0.4, 0.5) is 0 Å². The first-order valence-electron chi connectivity index (χ1n) is 23.0. The minimum Gasteiger partial charge on any atom is -0.393 e. The van der Waals surface area contributed by atoms with Crippen molar-refractivity contribution < 1.29 is 14.6 Å². The van der Waals surface area contributed by atoms with Crippen LogP contribution in [-0.2, 0) is 9.47 Å². The van der Waals surface area contributed by atoms with Crippen molar-refractivity contribution in [3.63, 3.8) is 0 Å². The van der Waals surface area contributed by atoms with E-state index in [1.54, 1.807) is 0 Å². The molecule has 0 atom stereocenters. The molecule has 0 aromatic heterocycles. The average Bonchev–Trinajstić information content (AvgIpc) is 2.93. The Bertz CT molecular complexity index is 546. The lowest BCUT2D eigenvalue weighted by Crippen LogP contribution is -2.12. The van der Waals surface area contributed by atoms with Crippen LogP contribution in [0.2, 0.25) is 0 Å². The van der Waals surface area contributed by atoms with Gasteiger partial charge in [0.2, 0.25) is 0 Å². The van der Waals surface area contributed by atoms with E-state index >= 15 is 0 Å². The van der Waals surface area contributed by atoms with E-state index in [0.29, 0.717) is 29.6 Å². The second kappa shape index (κ2) is 46.3. The molecule has 3 nitrogen and oxygen atoms in total. The normalized spacial score (nSPS) is 11.4. The highest BCUT2D eigenvalue weighted by molar-refractivity contribution is 4.60. The molecule has 0 bridgehead atoms. The maximum atomic E-state index is 9.39. The number of rotatable bonds is 22. The van der Waals surface area contributed by atoms with Gasteiger partial charge in [-0.15, -0.1) is 0 Å². The largest absolute Gasteiger partial charge is 0.393 e. The van der Waals surface area contributed by atoms with E-state index in [0.717, 1.165) is 80.7 Å². The molecule has 0 saturated heterocycles. The molecule has 330 valence electrons. The zero-order valence-electron chi connectivity index (χ0n) is 42.0.